The molecule has 3 atom stereocenters. The fourth-order valence-electron chi connectivity index (χ4n) is 3.94. The molecule has 0 N–H and O–H groups in total. The number of ether oxygens (including phenoxy) is 2. The van der Waals surface area contributed by atoms with E-state index in [1.165, 1.54) is 83.5 Å². The third-order valence-corrected chi connectivity index (χ3v) is 5.72. The van der Waals surface area contributed by atoms with Gasteiger partial charge < -0.3 is 9.47 Å². The second-order valence-corrected chi connectivity index (χ2v) is 8.26. The number of unbranched alkanes of at least 4 members (excludes halogenated alkanes) is 6. The normalized spacial score (nSPS) is 26.1. The highest BCUT2D eigenvalue weighted by molar-refractivity contribution is 4.92. The van der Waals surface area contributed by atoms with E-state index >= 15 is 0 Å². The zero-order valence-electron chi connectivity index (χ0n) is 17.2. The van der Waals surface area contributed by atoms with Crippen molar-refractivity contribution in [2.45, 2.75) is 109 Å². The Balaban J connectivity index is 1.37. The van der Waals surface area contributed by atoms with Crippen LogP contribution in [-0.4, -0.2) is 25.4 Å². The standard InChI is InChI=1S/C24H42O2/c1-2-3-4-5-6-7-8-9-10-11-12-13-14-16-22-17-15-18-23(19-22)25-20-24-21-26-24/h5-6,8-9,22-24H,2-4,7,10-21H2,1H3/b6-5+,9-8+. The topological polar surface area (TPSA) is 21.8 Å². The maximum atomic E-state index is 6.02. The molecule has 3 unspecified atom stereocenters. The lowest BCUT2D eigenvalue weighted by molar-refractivity contribution is 0.00426. The second-order valence-electron chi connectivity index (χ2n) is 8.26. The Morgan fingerprint density at radius 2 is 1.69 bits per heavy atom. The van der Waals surface area contributed by atoms with Crippen molar-refractivity contribution in [1.29, 1.82) is 0 Å². The molecule has 2 nitrogen and oxygen atoms in total. The lowest BCUT2D eigenvalue weighted by Crippen LogP contribution is -2.24. The molecule has 2 rings (SSSR count). The molecule has 2 heteroatoms. The molecule has 1 saturated heterocycles. The molecule has 1 aliphatic heterocycles. The maximum absolute atomic E-state index is 6.02. The summed E-state index contributed by atoms with van der Waals surface area (Å²) in [4.78, 5) is 0. The van der Waals surface area contributed by atoms with Crippen molar-refractivity contribution in [2.24, 2.45) is 5.92 Å². The molecule has 0 radical (unpaired) electrons. The average molecular weight is 363 g/mol. The molecule has 0 bridgehead atoms. The summed E-state index contributed by atoms with van der Waals surface area (Å²) in [5.74, 6) is 0.910. The Morgan fingerprint density at radius 3 is 2.46 bits per heavy atom. The molecule has 0 aromatic rings. The third-order valence-electron chi connectivity index (χ3n) is 5.72. The fourth-order valence-corrected chi connectivity index (χ4v) is 3.94. The molecule has 0 spiro atoms. The summed E-state index contributed by atoms with van der Waals surface area (Å²) < 4.78 is 11.3. The molecule has 26 heavy (non-hydrogen) atoms. The molecule has 2 fully saturated rings. The van der Waals surface area contributed by atoms with Crippen molar-refractivity contribution < 1.29 is 9.47 Å². The van der Waals surface area contributed by atoms with Gasteiger partial charge in [-0.05, 0) is 44.4 Å². The van der Waals surface area contributed by atoms with Crippen LogP contribution < -0.4 is 0 Å². The van der Waals surface area contributed by atoms with Gasteiger partial charge in [-0.3, -0.25) is 0 Å². The van der Waals surface area contributed by atoms with E-state index in [1.54, 1.807) is 0 Å². The largest absolute Gasteiger partial charge is 0.375 e. The van der Waals surface area contributed by atoms with Gasteiger partial charge in [-0.15, -0.1) is 0 Å². The summed E-state index contributed by atoms with van der Waals surface area (Å²) >= 11 is 0. The van der Waals surface area contributed by atoms with Gasteiger partial charge in [0.05, 0.1) is 19.3 Å². The van der Waals surface area contributed by atoms with Gasteiger partial charge >= 0.3 is 0 Å². The summed E-state index contributed by atoms with van der Waals surface area (Å²) in [5, 5.41) is 0. The van der Waals surface area contributed by atoms with Crippen LogP contribution in [0.2, 0.25) is 0 Å². The molecular weight excluding hydrogens is 320 g/mol. The predicted octanol–water partition coefficient (Wildman–Crippen LogP) is 6.99. The van der Waals surface area contributed by atoms with E-state index in [4.69, 9.17) is 9.47 Å². The van der Waals surface area contributed by atoms with E-state index in [1.807, 2.05) is 0 Å². The minimum Gasteiger partial charge on any atom is -0.375 e. The van der Waals surface area contributed by atoms with Crippen LogP contribution in [0, 0.1) is 5.92 Å². The third kappa shape index (κ3) is 11.2. The van der Waals surface area contributed by atoms with Crippen LogP contribution in [0.3, 0.4) is 0 Å². The number of epoxide rings is 1. The second kappa shape index (κ2) is 14.5. The fraction of sp³-hybridized carbons (Fsp3) is 0.833. The molecule has 1 aliphatic carbocycles. The number of hydrogen-bond donors (Lipinski definition) is 0. The van der Waals surface area contributed by atoms with E-state index in [-0.39, 0.29) is 0 Å². The highest BCUT2D eigenvalue weighted by Gasteiger charge is 2.27. The van der Waals surface area contributed by atoms with Crippen molar-refractivity contribution >= 4 is 0 Å². The first-order chi connectivity index (χ1) is 12.9. The molecule has 150 valence electrons. The van der Waals surface area contributed by atoms with E-state index in [0.717, 1.165) is 25.6 Å². The lowest BCUT2D eigenvalue weighted by atomic mass is 9.84. The highest BCUT2D eigenvalue weighted by Crippen LogP contribution is 2.30. The van der Waals surface area contributed by atoms with Crippen LogP contribution in [0.25, 0.3) is 0 Å². The summed E-state index contributed by atoms with van der Waals surface area (Å²) in [5.41, 5.74) is 0. The monoisotopic (exact) mass is 362 g/mol. The smallest absolute Gasteiger partial charge is 0.104 e. The minimum atomic E-state index is 0.418. The van der Waals surface area contributed by atoms with Crippen molar-refractivity contribution in [1.82, 2.24) is 0 Å². The van der Waals surface area contributed by atoms with Crippen molar-refractivity contribution in [3.05, 3.63) is 24.3 Å². The van der Waals surface area contributed by atoms with Gasteiger partial charge in [-0.25, -0.2) is 0 Å². The zero-order chi connectivity index (χ0) is 18.3. The van der Waals surface area contributed by atoms with Gasteiger partial charge in [-0.1, -0.05) is 82.6 Å². The van der Waals surface area contributed by atoms with Crippen LogP contribution in [0.5, 0.6) is 0 Å². The van der Waals surface area contributed by atoms with E-state index in [0.29, 0.717) is 12.2 Å². The number of hydrogen-bond acceptors (Lipinski definition) is 2. The molecule has 0 aromatic carbocycles. The van der Waals surface area contributed by atoms with Gasteiger partial charge in [0.1, 0.15) is 6.10 Å². The quantitative estimate of drug-likeness (QED) is 0.178. The predicted molar refractivity (Wildman–Crippen MR) is 112 cm³/mol. The van der Waals surface area contributed by atoms with E-state index < -0.39 is 0 Å². The van der Waals surface area contributed by atoms with Crippen molar-refractivity contribution in [3.63, 3.8) is 0 Å². The van der Waals surface area contributed by atoms with Gasteiger partial charge in [0, 0.05) is 0 Å². The molecule has 1 heterocycles. The van der Waals surface area contributed by atoms with E-state index in [2.05, 4.69) is 31.2 Å². The average Bonchev–Trinajstić information content (AvgIpc) is 3.49. The van der Waals surface area contributed by atoms with Gasteiger partial charge in [-0.2, -0.15) is 0 Å². The van der Waals surface area contributed by atoms with Gasteiger partial charge in [0.15, 0.2) is 0 Å². The first kappa shape index (κ1) is 21.7. The molecule has 0 amide bonds. The first-order valence-electron chi connectivity index (χ1n) is 11.4. The Bertz CT molecular complexity index is 384. The highest BCUT2D eigenvalue weighted by atomic mass is 16.6. The molecule has 0 aromatic heterocycles. The Morgan fingerprint density at radius 1 is 0.923 bits per heavy atom. The number of allylic oxidation sites excluding steroid dienone is 4. The van der Waals surface area contributed by atoms with Crippen LogP contribution in [0.15, 0.2) is 24.3 Å². The summed E-state index contributed by atoms with van der Waals surface area (Å²) in [7, 11) is 0. The maximum Gasteiger partial charge on any atom is 0.104 e. The van der Waals surface area contributed by atoms with Gasteiger partial charge in [0.2, 0.25) is 0 Å². The Kier molecular flexibility index (Phi) is 12.1. The minimum absolute atomic E-state index is 0.418. The molecule has 2 aliphatic rings. The van der Waals surface area contributed by atoms with Crippen LogP contribution in [-0.2, 0) is 9.47 Å². The van der Waals surface area contributed by atoms with Gasteiger partial charge in [0.25, 0.3) is 0 Å². The Hall–Kier alpha value is -0.600. The van der Waals surface area contributed by atoms with Crippen LogP contribution in [0.1, 0.15) is 96.8 Å². The Labute approximate surface area is 162 Å². The summed E-state index contributed by atoms with van der Waals surface area (Å²) in [6.45, 7) is 4.00. The molecular formula is C24H42O2. The first-order valence-corrected chi connectivity index (χ1v) is 11.4. The number of rotatable bonds is 15. The SMILES string of the molecule is CCCC/C=C/C/C=C/CCCCCCC1CCCC(OCC2CO2)C1. The summed E-state index contributed by atoms with van der Waals surface area (Å²) in [6, 6.07) is 0. The van der Waals surface area contributed by atoms with E-state index in [9.17, 15) is 0 Å². The van der Waals surface area contributed by atoms with Crippen LogP contribution >= 0.6 is 0 Å². The summed E-state index contributed by atoms with van der Waals surface area (Å²) in [6.07, 6.45) is 28.8. The molecule has 1 saturated carbocycles. The zero-order valence-corrected chi connectivity index (χ0v) is 17.2. The van der Waals surface area contributed by atoms with Crippen molar-refractivity contribution in [3.8, 4) is 0 Å². The van der Waals surface area contributed by atoms with Crippen LogP contribution in [0.4, 0.5) is 0 Å². The van der Waals surface area contributed by atoms with Crippen molar-refractivity contribution in [2.75, 3.05) is 13.2 Å². The lowest BCUT2D eigenvalue weighted by Gasteiger charge is -2.29.